The zero-order valence-corrected chi connectivity index (χ0v) is 29.7. The largest absolute Gasteiger partial charge is 0.208 e. The maximum Gasteiger partial charge on any atom is 0.164 e. The van der Waals surface area contributed by atoms with Gasteiger partial charge in [-0.25, -0.2) is 15.0 Å². The quantitative estimate of drug-likeness (QED) is 0.181. The highest BCUT2D eigenvalue weighted by atomic mass is 32.1. The highest BCUT2D eigenvalue weighted by Gasteiger charge is 2.35. The maximum absolute atomic E-state index is 5.18. The van der Waals surface area contributed by atoms with Crippen LogP contribution in [0.25, 0.3) is 87.7 Å². The van der Waals surface area contributed by atoms with Crippen molar-refractivity contribution in [1.82, 2.24) is 15.0 Å². The molecule has 246 valence electrons. The van der Waals surface area contributed by atoms with Gasteiger partial charge in [0, 0.05) is 42.3 Å². The summed E-state index contributed by atoms with van der Waals surface area (Å²) in [7, 11) is 0. The van der Waals surface area contributed by atoms with Crippen LogP contribution in [-0.2, 0) is 5.41 Å². The number of hydrogen-bond donors (Lipinski definition) is 0. The molecule has 9 aromatic rings. The molecule has 0 saturated heterocycles. The summed E-state index contributed by atoms with van der Waals surface area (Å²) < 4.78 is 2.59. The topological polar surface area (TPSA) is 38.7 Å². The molecule has 2 aromatic heterocycles. The fraction of sp³-hybridized carbons (Fsp3) is 0.0625. The number of fused-ring (bicyclic) bond motifs is 6. The predicted molar refractivity (Wildman–Crippen MR) is 217 cm³/mol. The smallest absolute Gasteiger partial charge is 0.164 e. The second kappa shape index (κ2) is 11.9. The van der Waals surface area contributed by atoms with Crippen LogP contribution in [0.15, 0.2) is 164 Å². The third-order valence-corrected chi connectivity index (χ3v) is 11.8. The van der Waals surface area contributed by atoms with Crippen molar-refractivity contribution in [1.29, 1.82) is 0 Å². The SMILES string of the molecule is CC1(C)c2ccccc2-c2ccc(-c3nc(-c4ccccc4)nc(-c4cccc(-c5cccc6c5sc5c(-c7ccccc7)cccc56)c4)n3)cc21. The normalized spacial score (nSPS) is 13.0. The van der Waals surface area contributed by atoms with Crippen LogP contribution in [-0.4, -0.2) is 15.0 Å². The summed E-state index contributed by atoms with van der Waals surface area (Å²) in [6, 6.07) is 58.3. The van der Waals surface area contributed by atoms with Gasteiger partial charge in [0.05, 0.1) is 0 Å². The van der Waals surface area contributed by atoms with Crippen LogP contribution < -0.4 is 0 Å². The summed E-state index contributed by atoms with van der Waals surface area (Å²) >= 11 is 1.87. The molecule has 0 radical (unpaired) electrons. The van der Waals surface area contributed by atoms with Gasteiger partial charge in [0.1, 0.15) is 0 Å². The molecule has 0 bridgehead atoms. The monoisotopic (exact) mass is 683 g/mol. The van der Waals surface area contributed by atoms with Gasteiger partial charge in [0.15, 0.2) is 17.5 Å². The summed E-state index contributed by atoms with van der Waals surface area (Å²) in [6.45, 7) is 4.61. The van der Waals surface area contributed by atoms with Crippen LogP contribution >= 0.6 is 11.3 Å². The minimum atomic E-state index is -0.121. The van der Waals surface area contributed by atoms with E-state index in [0.29, 0.717) is 17.5 Å². The molecule has 10 rings (SSSR count). The van der Waals surface area contributed by atoms with E-state index >= 15 is 0 Å². The lowest BCUT2D eigenvalue weighted by Gasteiger charge is -2.21. The maximum atomic E-state index is 5.18. The summed E-state index contributed by atoms with van der Waals surface area (Å²) in [5, 5.41) is 2.56. The lowest BCUT2D eigenvalue weighted by atomic mass is 9.82. The van der Waals surface area contributed by atoms with E-state index in [4.69, 9.17) is 15.0 Å². The van der Waals surface area contributed by atoms with Crippen LogP contribution in [0.3, 0.4) is 0 Å². The van der Waals surface area contributed by atoms with E-state index in [9.17, 15) is 0 Å². The van der Waals surface area contributed by atoms with Gasteiger partial charge in [-0.15, -0.1) is 11.3 Å². The molecule has 0 atom stereocenters. The third-order valence-electron chi connectivity index (χ3n) is 10.6. The molecule has 4 heteroatoms. The number of thiophene rings is 1. The fourth-order valence-electron chi connectivity index (χ4n) is 7.91. The summed E-state index contributed by atoms with van der Waals surface area (Å²) in [6.07, 6.45) is 0. The molecule has 1 aliphatic rings. The van der Waals surface area contributed by atoms with E-state index in [1.54, 1.807) is 0 Å². The van der Waals surface area contributed by atoms with E-state index in [-0.39, 0.29) is 5.41 Å². The Kier molecular flexibility index (Phi) is 7.02. The Hall–Kier alpha value is -6.23. The molecule has 2 heterocycles. The Morgan fingerprint density at radius 2 is 0.846 bits per heavy atom. The molecule has 1 aliphatic carbocycles. The van der Waals surface area contributed by atoms with Crippen molar-refractivity contribution in [3.05, 3.63) is 175 Å². The predicted octanol–water partition coefficient (Wildman–Crippen LogP) is 12.9. The first-order valence-electron chi connectivity index (χ1n) is 17.7. The molecular weight excluding hydrogens is 651 g/mol. The third kappa shape index (κ3) is 4.90. The van der Waals surface area contributed by atoms with Crippen molar-refractivity contribution in [3.63, 3.8) is 0 Å². The molecule has 0 unspecified atom stereocenters. The van der Waals surface area contributed by atoms with E-state index < -0.39 is 0 Å². The average Bonchev–Trinajstić information content (AvgIpc) is 3.70. The van der Waals surface area contributed by atoms with Gasteiger partial charge in [0.2, 0.25) is 0 Å². The first-order valence-corrected chi connectivity index (χ1v) is 18.5. The Labute approximate surface area is 307 Å². The number of nitrogens with zero attached hydrogens (tertiary/aromatic N) is 3. The molecule has 0 spiro atoms. The Bertz CT molecular complexity index is 2820. The van der Waals surface area contributed by atoms with Crippen LogP contribution in [0.2, 0.25) is 0 Å². The van der Waals surface area contributed by atoms with Crippen molar-refractivity contribution in [3.8, 4) is 67.5 Å². The summed E-state index contributed by atoms with van der Waals surface area (Å²) in [4.78, 5) is 15.3. The van der Waals surface area contributed by atoms with Gasteiger partial charge in [-0.3, -0.25) is 0 Å². The molecule has 0 N–H and O–H groups in total. The Morgan fingerprint density at radius 3 is 1.54 bits per heavy atom. The summed E-state index contributed by atoms with van der Waals surface area (Å²) in [5.41, 5.74) is 12.9. The van der Waals surface area contributed by atoms with Crippen LogP contribution in [0, 0.1) is 0 Å². The van der Waals surface area contributed by atoms with E-state index in [1.165, 1.54) is 59.1 Å². The minimum Gasteiger partial charge on any atom is -0.208 e. The zero-order chi connectivity index (χ0) is 34.8. The van der Waals surface area contributed by atoms with Gasteiger partial charge in [-0.05, 0) is 56.6 Å². The molecule has 52 heavy (non-hydrogen) atoms. The van der Waals surface area contributed by atoms with Crippen molar-refractivity contribution < 1.29 is 0 Å². The van der Waals surface area contributed by atoms with Gasteiger partial charge in [0.25, 0.3) is 0 Å². The molecule has 0 fully saturated rings. The first kappa shape index (κ1) is 30.6. The van der Waals surface area contributed by atoms with Crippen molar-refractivity contribution in [2.45, 2.75) is 19.3 Å². The molecule has 0 saturated carbocycles. The lowest BCUT2D eigenvalue weighted by molar-refractivity contribution is 0.660. The van der Waals surface area contributed by atoms with Gasteiger partial charge in [-0.1, -0.05) is 166 Å². The summed E-state index contributed by atoms with van der Waals surface area (Å²) in [5.74, 6) is 1.99. The molecule has 0 amide bonds. The van der Waals surface area contributed by atoms with E-state index in [1.807, 2.05) is 29.5 Å². The zero-order valence-electron chi connectivity index (χ0n) is 28.8. The number of hydrogen-bond acceptors (Lipinski definition) is 4. The van der Waals surface area contributed by atoms with Crippen LogP contribution in [0.1, 0.15) is 25.0 Å². The highest BCUT2D eigenvalue weighted by molar-refractivity contribution is 7.26. The Morgan fingerprint density at radius 1 is 0.365 bits per heavy atom. The second-order valence-electron chi connectivity index (χ2n) is 14.0. The van der Waals surface area contributed by atoms with Crippen molar-refractivity contribution >= 4 is 31.5 Å². The lowest BCUT2D eigenvalue weighted by Crippen LogP contribution is -2.15. The van der Waals surface area contributed by atoms with Crippen LogP contribution in [0.4, 0.5) is 0 Å². The van der Waals surface area contributed by atoms with Gasteiger partial charge >= 0.3 is 0 Å². The van der Waals surface area contributed by atoms with Crippen LogP contribution in [0.5, 0.6) is 0 Å². The number of rotatable bonds is 5. The molecular formula is C48H33N3S. The van der Waals surface area contributed by atoms with E-state index in [0.717, 1.165) is 22.3 Å². The molecule has 0 aliphatic heterocycles. The van der Waals surface area contributed by atoms with E-state index in [2.05, 4.69) is 159 Å². The Balaban J connectivity index is 1.11. The highest BCUT2D eigenvalue weighted by Crippen LogP contribution is 2.49. The van der Waals surface area contributed by atoms with Gasteiger partial charge < -0.3 is 0 Å². The first-order chi connectivity index (χ1) is 25.5. The number of benzene rings is 7. The van der Waals surface area contributed by atoms with Crippen molar-refractivity contribution in [2.24, 2.45) is 0 Å². The molecule has 7 aromatic carbocycles. The average molecular weight is 684 g/mol. The standard InChI is InChI=1S/C48H33N3S/c1-48(2)41-25-10-9-20-37(41)38-27-26-34(29-42(38)48)47-50-45(31-16-7-4-8-17-31)49-46(51-47)33-19-11-18-32(28-33)36-22-13-24-40-39-23-12-21-35(43(39)52-44(36)40)30-14-5-3-6-15-30/h3-29H,1-2H3. The fourth-order valence-corrected chi connectivity index (χ4v) is 9.28. The second-order valence-corrected chi connectivity index (χ2v) is 15.0. The van der Waals surface area contributed by atoms with Gasteiger partial charge in [-0.2, -0.15) is 0 Å². The number of aromatic nitrogens is 3. The molecule has 3 nitrogen and oxygen atoms in total. The minimum absolute atomic E-state index is 0.121. The van der Waals surface area contributed by atoms with Crippen molar-refractivity contribution in [2.75, 3.05) is 0 Å².